The van der Waals surface area contributed by atoms with Gasteiger partial charge in [0.15, 0.2) is 0 Å². The van der Waals surface area contributed by atoms with Gasteiger partial charge in [-0.2, -0.15) is 4.31 Å². The average Bonchev–Trinajstić information content (AvgIpc) is 2.96. The van der Waals surface area contributed by atoms with E-state index in [0.29, 0.717) is 29.7 Å². The summed E-state index contributed by atoms with van der Waals surface area (Å²) in [6, 6.07) is 3.43. The van der Waals surface area contributed by atoms with Crippen molar-refractivity contribution in [1.82, 2.24) is 9.29 Å². The maximum Gasteiger partial charge on any atom is 0.247 e. The smallest absolute Gasteiger partial charge is 0.247 e. The third-order valence-electron chi connectivity index (χ3n) is 3.92. The van der Waals surface area contributed by atoms with Gasteiger partial charge >= 0.3 is 0 Å². The molecule has 5 nitrogen and oxygen atoms in total. The van der Waals surface area contributed by atoms with E-state index in [1.165, 1.54) is 0 Å². The van der Waals surface area contributed by atoms with Crippen molar-refractivity contribution in [3.05, 3.63) is 18.3 Å². The highest BCUT2D eigenvalue weighted by Gasteiger charge is 2.37. The predicted octanol–water partition coefficient (Wildman–Crippen LogP) is 2.71. The monoisotopic (exact) mass is 311 g/mol. The van der Waals surface area contributed by atoms with Gasteiger partial charge in [-0.3, -0.25) is 0 Å². The molecule has 1 unspecified atom stereocenters. The molecule has 1 aliphatic rings. The van der Waals surface area contributed by atoms with Gasteiger partial charge in [0.2, 0.25) is 10.0 Å². The van der Waals surface area contributed by atoms with Crippen LogP contribution in [0.4, 0.5) is 5.82 Å². The molecule has 1 fully saturated rings. The van der Waals surface area contributed by atoms with E-state index in [1.54, 1.807) is 22.6 Å². The number of nitrogens with one attached hydrogen (secondary N) is 1. The Labute approximate surface area is 127 Å². The maximum atomic E-state index is 13.0. The van der Waals surface area contributed by atoms with Crippen molar-refractivity contribution in [2.24, 2.45) is 5.92 Å². The largest absolute Gasteiger partial charge is 0.369 e. The number of pyridine rings is 1. The van der Waals surface area contributed by atoms with Crippen LogP contribution in [-0.4, -0.2) is 36.8 Å². The van der Waals surface area contributed by atoms with Crippen LogP contribution < -0.4 is 5.32 Å². The standard InChI is InChI=1S/C15H25N3O2S/c1-4-9-16-15-14(8-5-10-17-15)21(19,20)18-11-6-7-13(18)12(2)3/h5,8,10,12-13H,4,6-7,9,11H2,1-3H3,(H,16,17). The zero-order valence-electron chi connectivity index (χ0n) is 13.0. The topological polar surface area (TPSA) is 62.3 Å². The Kier molecular flexibility index (Phi) is 5.22. The van der Waals surface area contributed by atoms with Gasteiger partial charge in [-0.05, 0) is 37.3 Å². The Morgan fingerprint density at radius 3 is 2.90 bits per heavy atom. The number of aromatic nitrogens is 1. The molecule has 0 bridgehead atoms. The minimum atomic E-state index is -3.49. The molecule has 0 aliphatic carbocycles. The van der Waals surface area contributed by atoms with Crippen LogP contribution in [-0.2, 0) is 10.0 Å². The molecule has 1 N–H and O–H groups in total. The molecular formula is C15H25N3O2S. The highest BCUT2D eigenvalue weighted by Crippen LogP contribution is 2.32. The van der Waals surface area contributed by atoms with Crippen molar-refractivity contribution in [2.45, 2.75) is 51.0 Å². The van der Waals surface area contributed by atoms with Crippen LogP contribution in [0.5, 0.6) is 0 Å². The summed E-state index contributed by atoms with van der Waals surface area (Å²) in [7, 11) is -3.49. The third kappa shape index (κ3) is 3.37. The molecule has 2 heterocycles. The van der Waals surface area contributed by atoms with Crippen LogP contribution in [0.15, 0.2) is 23.2 Å². The fraction of sp³-hybridized carbons (Fsp3) is 0.667. The average molecular weight is 311 g/mol. The van der Waals surface area contributed by atoms with Crippen LogP contribution in [0, 0.1) is 5.92 Å². The molecule has 0 amide bonds. The number of anilines is 1. The molecule has 1 atom stereocenters. The van der Waals surface area contributed by atoms with E-state index in [-0.39, 0.29) is 6.04 Å². The number of sulfonamides is 1. The molecule has 21 heavy (non-hydrogen) atoms. The van der Waals surface area contributed by atoms with Gasteiger partial charge in [-0.25, -0.2) is 13.4 Å². The zero-order valence-corrected chi connectivity index (χ0v) is 13.9. The minimum absolute atomic E-state index is 0.0919. The van der Waals surface area contributed by atoms with Crippen LogP contribution in [0.1, 0.15) is 40.0 Å². The fourth-order valence-electron chi connectivity index (χ4n) is 2.83. The SMILES string of the molecule is CCCNc1ncccc1S(=O)(=O)N1CCCC1C(C)C. The molecule has 6 heteroatoms. The highest BCUT2D eigenvalue weighted by molar-refractivity contribution is 7.89. The molecule has 1 aliphatic heterocycles. The molecule has 0 aromatic carbocycles. The summed E-state index contributed by atoms with van der Waals surface area (Å²) in [5.74, 6) is 0.791. The lowest BCUT2D eigenvalue weighted by Crippen LogP contribution is -2.38. The van der Waals surface area contributed by atoms with E-state index in [9.17, 15) is 8.42 Å². The summed E-state index contributed by atoms with van der Waals surface area (Å²) >= 11 is 0. The number of rotatable bonds is 6. The summed E-state index contributed by atoms with van der Waals surface area (Å²) in [4.78, 5) is 4.50. The molecule has 1 aromatic rings. The van der Waals surface area contributed by atoms with Gasteiger partial charge in [-0.15, -0.1) is 0 Å². The van der Waals surface area contributed by atoms with Crippen molar-refractivity contribution in [1.29, 1.82) is 0 Å². The Balaban J connectivity index is 2.35. The lowest BCUT2D eigenvalue weighted by Gasteiger charge is -2.27. The summed E-state index contributed by atoms with van der Waals surface area (Å²) < 4.78 is 27.6. The predicted molar refractivity (Wildman–Crippen MR) is 84.8 cm³/mol. The van der Waals surface area contributed by atoms with Crippen molar-refractivity contribution >= 4 is 15.8 Å². The lowest BCUT2D eigenvalue weighted by molar-refractivity contribution is 0.316. The van der Waals surface area contributed by atoms with E-state index in [4.69, 9.17) is 0 Å². The van der Waals surface area contributed by atoms with Crippen LogP contribution >= 0.6 is 0 Å². The van der Waals surface area contributed by atoms with Crippen molar-refractivity contribution in [3.63, 3.8) is 0 Å². The van der Waals surface area contributed by atoms with Gasteiger partial charge < -0.3 is 5.32 Å². The van der Waals surface area contributed by atoms with Gasteiger partial charge in [0.1, 0.15) is 10.7 Å². The Morgan fingerprint density at radius 2 is 2.24 bits per heavy atom. The Hall–Kier alpha value is -1.14. The number of hydrogen-bond acceptors (Lipinski definition) is 4. The van der Waals surface area contributed by atoms with Gasteiger partial charge in [0, 0.05) is 25.3 Å². The molecule has 0 spiro atoms. The molecular weight excluding hydrogens is 286 g/mol. The second-order valence-electron chi connectivity index (χ2n) is 5.85. The molecule has 1 saturated heterocycles. The summed E-state index contributed by atoms with van der Waals surface area (Å²) in [5, 5.41) is 3.12. The van der Waals surface area contributed by atoms with Crippen molar-refractivity contribution < 1.29 is 8.42 Å². The number of nitrogens with zero attached hydrogens (tertiary/aromatic N) is 2. The van der Waals surface area contributed by atoms with Crippen LogP contribution in [0.3, 0.4) is 0 Å². The van der Waals surface area contributed by atoms with Crippen molar-refractivity contribution in [3.8, 4) is 0 Å². The third-order valence-corrected chi connectivity index (χ3v) is 5.87. The van der Waals surface area contributed by atoms with Crippen molar-refractivity contribution in [2.75, 3.05) is 18.4 Å². The van der Waals surface area contributed by atoms with E-state index >= 15 is 0 Å². The van der Waals surface area contributed by atoms with E-state index in [0.717, 1.165) is 19.3 Å². The van der Waals surface area contributed by atoms with Gasteiger partial charge in [0.25, 0.3) is 0 Å². The fourth-order valence-corrected chi connectivity index (χ4v) is 4.78. The second kappa shape index (κ2) is 6.75. The van der Waals surface area contributed by atoms with E-state index in [2.05, 4.69) is 24.1 Å². The van der Waals surface area contributed by atoms with Crippen LogP contribution in [0.2, 0.25) is 0 Å². The molecule has 118 valence electrons. The highest BCUT2D eigenvalue weighted by atomic mass is 32.2. The van der Waals surface area contributed by atoms with Crippen LogP contribution in [0.25, 0.3) is 0 Å². The summed E-state index contributed by atoms with van der Waals surface area (Å²) in [5.41, 5.74) is 0. The summed E-state index contributed by atoms with van der Waals surface area (Å²) in [6.45, 7) is 7.52. The normalized spacial score (nSPS) is 20.1. The van der Waals surface area contributed by atoms with Gasteiger partial charge in [-0.1, -0.05) is 20.8 Å². The number of hydrogen-bond donors (Lipinski definition) is 1. The lowest BCUT2D eigenvalue weighted by atomic mass is 10.0. The molecule has 2 rings (SSSR count). The quantitative estimate of drug-likeness (QED) is 0.877. The first-order chi connectivity index (χ1) is 9.98. The first kappa shape index (κ1) is 16.2. The maximum absolute atomic E-state index is 13.0. The van der Waals surface area contributed by atoms with E-state index < -0.39 is 10.0 Å². The summed E-state index contributed by atoms with van der Waals surface area (Å²) in [6.07, 6.45) is 4.42. The Bertz CT molecular complexity index is 572. The van der Waals surface area contributed by atoms with E-state index in [1.807, 2.05) is 6.92 Å². The molecule has 1 aromatic heterocycles. The molecule has 0 saturated carbocycles. The van der Waals surface area contributed by atoms with Gasteiger partial charge in [0.05, 0.1) is 0 Å². The minimum Gasteiger partial charge on any atom is -0.369 e. The zero-order chi connectivity index (χ0) is 15.5. The first-order valence-electron chi connectivity index (χ1n) is 7.69. The molecule has 0 radical (unpaired) electrons. The second-order valence-corrected chi connectivity index (χ2v) is 7.71. The Morgan fingerprint density at radius 1 is 1.48 bits per heavy atom. The first-order valence-corrected chi connectivity index (χ1v) is 9.13.